The molecule has 0 saturated heterocycles. The van der Waals surface area contributed by atoms with Crippen LogP contribution in [0.5, 0.6) is 17.2 Å². The van der Waals surface area contributed by atoms with Gasteiger partial charge in [-0.05, 0) is 50.8 Å². The largest absolute Gasteiger partial charge is 0.493 e. The van der Waals surface area contributed by atoms with E-state index in [0.717, 1.165) is 29.6 Å². The van der Waals surface area contributed by atoms with Crippen LogP contribution in [-0.4, -0.2) is 65.4 Å². The molecule has 0 radical (unpaired) electrons. The molecule has 7 nitrogen and oxygen atoms in total. The number of nitrogens with zero attached hydrogens (tertiary/aromatic N) is 2. The van der Waals surface area contributed by atoms with E-state index in [-0.39, 0.29) is 6.04 Å². The van der Waals surface area contributed by atoms with Gasteiger partial charge in [0.15, 0.2) is 17.5 Å². The second-order valence-electron chi connectivity index (χ2n) is 6.90. The van der Waals surface area contributed by atoms with Gasteiger partial charge in [0.2, 0.25) is 0 Å². The lowest BCUT2D eigenvalue weighted by Gasteiger charge is -2.24. The molecule has 0 bridgehead atoms. The second kappa shape index (κ2) is 12.6. The third-order valence-electron chi connectivity index (χ3n) is 4.59. The van der Waals surface area contributed by atoms with Crippen LogP contribution in [0.2, 0.25) is 0 Å². The summed E-state index contributed by atoms with van der Waals surface area (Å²) in [5.74, 6) is 3.06. The number of guanidine groups is 1. The van der Waals surface area contributed by atoms with Crippen molar-refractivity contribution in [1.29, 1.82) is 0 Å². The average molecular weight is 415 g/mol. The maximum atomic E-state index is 5.74. The van der Waals surface area contributed by atoms with Gasteiger partial charge < -0.3 is 29.7 Å². The number of methoxy groups -OCH3 is 2. The Hall–Kier alpha value is -2.93. The summed E-state index contributed by atoms with van der Waals surface area (Å²) in [5.41, 5.74) is 1.12. The van der Waals surface area contributed by atoms with Crippen molar-refractivity contribution in [2.24, 2.45) is 4.99 Å². The summed E-state index contributed by atoms with van der Waals surface area (Å²) in [6.07, 6.45) is 0. The zero-order valence-electron chi connectivity index (χ0n) is 18.6. The summed E-state index contributed by atoms with van der Waals surface area (Å²) >= 11 is 0. The molecule has 2 aromatic rings. The molecule has 0 fully saturated rings. The van der Waals surface area contributed by atoms with E-state index in [1.807, 2.05) is 56.6 Å². The van der Waals surface area contributed by atoms with Gasteiger partial charge in [-0.15, -0.1) is 0 Å². The number of aliphatic imine (C=N–C) groups is 1. The van der Waals surface area contributed by atoms with Crippen LogP contribution >= 0.6 is 0 Å². The summed E-state index contributed by atoms with van der Waals surface area (Å²) in [5, 5.41) is 6.62. The standard InChI is InChI=1S/C23H34N4O3/c1-6-24-23(25-14-15-30-19-10-8-7-9-11-19)26-17-20(27(2)3)18-12-13-21(28-4)22(16-18)29-5/h7-13,16,20H,6,14-15,17H2,1-5H3,(H2,24,25,26). The van der Waals surface area contributed by atoms with E-state index >= 15 is 0 Å². The first kappa shape index (κ1) is 23.3. The minimum absolute atomic E-state index is 0.0980. The van der Waals surface area contributed by atoms with E-state index in [0.29, 0.717) is 25.4 Å². The van der Waals surface area contributed by atoms with Crippen molar-refractivity contribution in [3.63, 3.8) is 0 Å². The highest BCUT2D eigenvalue weighted by atomic mass is 16.5. The van der Waals surface area contributed by atoms with Gasteiger partial charge in [-0.25, -0.2) is 0 Å². The SMILES string of the molecule is CCNC(=NCC(c1ccc(OC)c(OC)c1)N(C)C)NCCOc1ccccc1. The van der Waals surface area contributed by atoms with Crippen LogP contribution in [0.4, 0.5) is 0 Å². The lowest BCUT2D eigenvalue weighted by atomic mass is 10.1. The molecule has 0 amide bonds. The summed E-state index contributed by atoms with van der Waals surface area (Å²) in [7, 11) is 7.38. The van der Waals surface area contributed by atoms with Gasteiger partial charge in [-0.2, -0.15) is 0 Å². The Balaban J connectivity index is 2.00. The molecule has 0 aliphatic heterocycles. The van der Waals surface area contributed by atoms with Crippen molar-refractivity contribution in [3.8, 4) is 17.2 Å². The third-order valence-corrected chi connectivity index (χ3v) is 4.59. The van der Waals surface area contributed by atoms with E-state index < -0.39 is 0 Å². The van der Waals surface area contributed by atoms with Crippen molar-refractivity contribution >= 4 is 5.96 Å². The van der Waals surface area contributed by atoms with E-state index in [4.69, 9.17) is 19.2 Å². The molecule has 0 saturated carbocycles. The Labute approximate surface area is 180 Å². The van der Waals surface area contributed by atoms with Gasteiger partial charge in [-0.1, -0.05) is 24.3 Å². The first-order valence-electron chi connectivity index (χ1n) is 10.2. The fourth-order valence-corrected chi connectivity index (χ4v) is 3.00. The average Bonchev–Trinajstić information content (AvgIpc) is 2.77. The minimum atomic E-state index is 0.0980. The molecule has 0 heterocycles. The van der Waals surface area contributed by atoms with Gasteiger partial charge in [0.1, 0.15) is 12.4 Å². The van der Waals surface area contributed by atoms with Crippen LogP contribution in [0.3, 0.4) is 0 Å². The second-order valence-corrected chi connectivity index (χ2v) is 6.90. The first-order chi connectivity index (χ1) is 14.6. The maximum absolute atomic E-state index is 5.74. The Morgan fingerprint density at radius 2 is 1.73 bits per heavy atom. The molecule has 0 aliphatic carbocycles. The van der Waals surface area contributed by atoms with Gasteiger partial charge in [0.05, 0.1) is 33.4 Å². The number of benzene rings is 2. The zero-order valence-corrected chi connectivity index (χ0v) is 18.6. The molecule has 0 spiro atoms. The van der Waals surface area contributed by atoms with Crippen LogP contribution in [0.1, 0.15) is 18.5 Å². The fraction of sp³-hybridized carbons (Fsp3) is 0.435. The number of likely N-dealkylation sites (N-methyl/N-ethyl adjacent to an activating group) is 1. The molecule has 0 aromatic heterocycles. The van der Waals surface area contributed by atoms with Crippen LogP contribution in [-0.2, 0) is 0 Å². The lowest BCUT2D eigenvalue weighted by Crippen LogP contribution is -2.40. The molecule has 1 unspecified atom stereocenters. The normalized spacial score (nSPS) is 12.4. The Bertz CT molecular complexity index is 781. The topological polar surface area (TPSA) is 67.4 Å². The summed E-state index contributed by atoms with van der Waals surface area (Å²) in [6.45, 7) is 4.64. The van der Waals surface area contributed by atoms with Crippen LogP contribution < -0.4 is 24.8 Å². The van der Waals surface area contributed by atoms with Crippen molar-refractivity contribution < 1.29 is 14.2 Å². The summed E-state index contributed by atoms with van der Waals surface area (Å²) in [6, 6.07) is 15.9. The predicted octanol–water partition coefficient (Wildman–Crippen LogP) is 2.94. The molecule has 164 valence electrons. The monoisotopic (exact) mass is 414 g/mol. The fourth-order valence-electron chi connectivity index (χ4n) is 3.00. The van der Waals surface area contributed by atoms with Gasteiger partial charge >= 0.3 is 0 Å². The molecular formula is C23H34N4O3. The lowest BCUT2D eigenvalue weighted by molar-refractivity contribution is 0.303. The molecule has 2 aromatic carbocycles. The first-order valence-corrected chi connectivity index (χ1v) is 10.2. The number of para-hydroxylation sites is 1. The summed E-state index contributed by atoms with van der Waals surface area (Å²) in [4.78, 5) is 6.92. The van der Waals surface area contributed by atoms with E-state index in [9.17, 15) is 0 Å². The smallest absolute Gasteiger partial charge is 0.191 e. The highest BCUT2D eigenvalue weighted by molar-refractivity contribution is 5.79. The molecule has 0 aliphatic rings. The van der Waals surface area contributed by atoms with E-state index in [1.54, 1.807) is 14.2 Å². The number of hydrogen-bond donors (Lipinski definition) is 2. The molecule has 7 heteroatoms. The quantitative estimate of drug-likeness (QED) is 0.335. The maximum Gasteiger partial charge on any atom is 0.191 e. The Kier molecular flexibility index (Phi) is 9.80. The van der Waals surface area contributed by atoms with E-state index in [1.165, 1.54) is 0 Å². The number of nitrogens with one attached hydrogen (secondary N) is 2. The van der Waals surface area contributed by atoms with Crippen LogP contribution in [0.15, 0.2) is 53.5 Å². The van der Waals surface area contributed by atoms with Crippen molar-refractivity contribution in [1.82, 2.24) is 15.5 Å². The molecule has 2 rings (SSSR count). The van der Waals surface area contributed by atoms with Crippen LogP contribution in [0.25, 0.3) is 0 Å². The molecular weight excluding hydrogens is 380 g/mol. The minimum Gasteiger partial charge on any atom is -0.493 e. The molecule has 1 atom stereocenters. The van der Waals surface area contributed by atoms with E-state index in [2.05, 4.69) is 28.5 Å². The highest BCUT2D eigenvalue weighted by Gasteiger charge is 2.16. The van der Waals surface area contributed by atoms with Gasteiger partial charge in [0.25, 0.3) is 0 Å². The van der Waals surface area contributed by atoms with Crippen molar-refractivity contribution in [2.75, 3.05) is 54.6 Å². The van der Waals surface area contributed by atoms with Crippen molar-refractivity contribution in [2.45, 2.75) is 13.0 Å². The summed E-state index contributed by atoms with van der Waals surface area (Å²) < 4.78 is 16.5. The van der Waals surface area contributed by atoms with Crippen molar-refractivity contribution in [3.05, 3.63) is 54.1 Å². The highest BCUT2D eigenvalue weighted by Crippen LogP contribution is 2.31. The molecule has 2 N–H and O–H groups in total. The predicted molar refractivity (Wildman–Crippen MR) is 122 cm³/mol. The Morgan fingerprint density at radius 3 is 2.37 bits per heavy atom. The third kappa shape index (κ3) is 7.15. The zero-order chi connectivity index (χ0) is 21.8. The molecule has 30 heavy (non-hydrogen) atoms. The number of rotatable bonds is 11. The van der Waals surface area contributed by atoms with Gasteiger partial charge in [0, 0.05) is 6.54 Å². The Morgan fingerprint density at radius 1 is 1.00 bits per heavy atom. The number of ether oxygens (including phenoxy) is 3. The van der Waals surface area contributed by atoms with Crippen LogP contribution in [0, 0.1) is 0 Å². The van der Waals surface area contributed by atoms with Gasteiger partial charge in [-0.3, -0.25) is 4.99 Å². The number of hydrogen-bond acceptors (Lipinski definition) is 5.